The summed E-state index contributed by atoms with van der Waals surface area (Å²) in [5.74, 6) is -0.244. The lowest BCUT2D eigenvalue weighted by molar-refractivity contribution is -0.359. The molecule has 68 heavy (non-hydrogen) atoms. The van der Waals surface area contributed by atoms with Crippen LogP contribution in [0.5, 0.6) is 0 Å². The lowest BCUT2D eigenvalue weighted by atomic mass is 9.97. The molecular weight excluding hydrogens is 871 g/mol. The minimum absolute atomic E-state index is 0.244. The molecule has 0 bridgehead atoms. The molecule has 1 amide bonds. The van der Waals surface area contributed by atoms with Crippen LogP contribution in [0.15, 0.2) is 36.5 Å². The lowest BCUT2D eigenvalue weighted by Crippen LogP contribution is -2.65. The molecule has 398 valence electrons. The zero-order chi connectivity index (χ0) is 49.6. The average Bonchev–Trinajstić information content (AvgIpc) is 3.34. The summed E-state index contributed by atoms with van der Waals surface area (Å²) >= 11 is 0. The quantitative estimate of drug-likeness (QED) is 0.0210. The van der Waals surface area contributed by atoms with E-state index in [0.717, 1.165) is 57.8 Å². The number of hydrogen-bond donors (Lipinski definition) is 9. The van der Waals surface area contributed by atoms with Gasteiger partial charge in [-0.15, -0.1) is 0 Å². The van der Waals surface area contributed by atoms with Gasteiger partial charge in [0.15, 0.2) is 12.6 Å². The van der Waals surface area contributed by atoms with Gasteiger partial charge in [0.05, 0.1) is 32.0 Å². The number of carbonyl (C=O) groups is 1. The fourth-order valence-corrected chi connectivity index (χ4v) is 8.85. The van der Waals surface area contributed by atoms with Gasteiger partial charge in [-0.25, -0.2) is 0 Å². The summed E-state index contributed by atoms with van der Waals surface area (Å²) in [6, 6.07) is -0.910. The number of hydrogen-bond acceptors (Lipinski definition) is 13. The van der Waals surface area contributed by atoms with E-state index in [-0.39, 0.29) is 18.9 Å². The van der Waals surface area contributed by atoms with Crippen LogP contribution in [0.2, 0.25) is 0 Å². The SMILES string of the molecule is CCCCCCC/C=C\C/C=C\CCCCCCCCCCCCCCCCCC(=O)NC(COC1OC(CO)C(OC2OC(CO)C(O)C(O)C2O)C(O)C1O)C(O)/C=C/CCCCCCC. The number of ether oxygens (including phenoxy) is 4. The Kier molecular flexibility index (Phi) is 37.4. The van der Waals surface area contributed by atoms with Crippen LogP contribution in [-0.2, 0) is 23.7 Å². The van der Waals surface area contributed by atoms with Crippen LogP contribution in [0.3, 0.4) is 0 Å². The molecule has 14 nitrogen and oxygen atoms in total. The Labute approximate surface area is 411 Å². The fraction of sp³-hybridized carbons (Fsp3) is 0.870. The number of allylic oxidation sites excluding steroid dienone is 5. The van der Waals surface area contributed by atoms with Gasteiger partial charge in [-0.1, -0.05) is 185 Å². The highest BCUT2D eigenvalue weighted by Crippen LogP contribution is 2.30. The molecule has 12 unspecified atom stereocenters. The minimum atomic E-state index is -1.79. The van der Waals surface area contributed by atoms with E-state index in [0.29, 0.717) is 6.42 Å². The maximum atomic E-state index is 13.1. The van der Waals surface area contributed by atoms with Crippen molar-refractivity contribution in [1.82, 2.24) is 5.32 Å². The molecule has 2 saturated heterocycles. The number of amides is 1. The van der Waals surface area contributed by atoms with Gasteiger partial charge >= 0.3 is 0 Å². The Bertz CT molecular complexity index is 1280. The minimum Gasteiger partial charge on any atom is -0.394 e. The molecule has 0 aromatic heterocycles. The van der Waals surface area contributed by atoms with Crippen molar-refractivity contribution in [2.75, 3.05) is 19.8 Å². The van der Waals surface area contributed by atoms with Gasteiger partial charge in [0.2, 0.25) is 5.91 Å². The Morgan fingerprint density at radius 1 is 0.529 bits per heavy atom. The molecule has 0 spiro atoms. The van der Waals surface area contributed by atoms with E-state index in [4.69, 9.17) is 18.9 Å². The van der Waals surface area contributed by atoms with E-state index in [1.165, 1.54) is 122 Å². The molecule has 0 aromatic carbocycles. The van der Waals surface area contributed by atoms with Crippen molar-refractivity contribution in [3.8, 4) is 0 Å². The Balaban J connectivity index is 1.65. The number of carbonyl (C=O) groups excluding carboxylic acids is 1. The van der Waals surface area contributed by atoms with E-state index < -0.39 is 86.8 Å². The van der Waals surface area contributed by atoms with E-state index in [1.807, 2.05) is 6.08 Å². The second-order valence-electron chi connectivity index (χ2n) is 19.4. The molecule has 2 aliphatic rings. The topological polar surface area (TPSA) is 228 Å². The highest BCUT2D eigenvalue weighted by Gasteiger charge is 2.51. The molecule has 12 atom stereocenters. The van der Waals surface area contributed by atoms with Crippen LogP contribution < -0.4 is 5.32 Å². The van der Waals surface area contributed by atoms with Gasteiger partial charge < -0.3 is 65.1 Å². The second-order valence-corrected chi connectivity index (χ2v) is 19.4. The first-order valence-electron chi connectivity index (χ1n) is 27.2. The Morgan fingerprint density at radius 3 is 1.47 bits per heavy atom. The molecule has 2 fully saturated rings. The second kappa shape index (κ2) is 40.8. The summed E-state index contributed by atoms with van der Waals surface area (Å²) in [5, 5.41) is 86.5. The molecule has 9 N–H and O–H groups in total. The van der Waals surface area contributed by atoms with Crippen LogP contribution >= 0.6 is 0 Å². The first-order chi connectivity index (χ1) is 33.1. The van der Waals surface area contributed by atoms with Crippen molar-refractivity contribution in [1.29, 1.82) is 0 Å². The van der Waals surface area contributed by atoms with Crippen molar-refractivity contribution >= 4 is 5.91 Å². The third-order valence-electron chi connectivity index (χ3n) is 13.3. The zero-order valence-electron chi connectivity index (χ0n) is 42.3. The molecule has 2 aliphatic heterocycles. The molecule has 2 rings (SSSR count). The number of aliphatic hydroxyl groups excluding tert-OH is 8. The van der Waals surface area contributed by atoms with Gasteiger partial charge in [0, 0.05) is 6.42 Å². The van der Waals surface area contributed by atoms with E-state index in [1.54, 1.807) is 6.08 Å². The van der Waals surface area contributed by atoms with Crippen molar-refractivity contribution in [2.45, 2.75) is 280 Å². The highest BCUT2D eigenvalue weighted by molar-refractivity contribution is 5.76. The molecule has 0 aromatic rings. The molecule has 0 radical (unpaired) electrons. The monoisotopic (exact) mass is 970 g/mol. The van der Waals surface area contributed by atoms with Crippen molar-refractivity contribution in [3.63, 3.8) is 0 Å². The molecule has 0 saturated carbocycles. The van der Waals surface area contributed by atoms with Gasteiger partial charge in [0.25, 0.3) is 0 Å². The third kappa shape index (κ3) is 27.1. The Morgan fingerprint density at radius 2 is 0.971 bits per heavy atom. The molecular formula is C54H99NO13. The normalized spacial score (nSPS) is 26.6. The third-order valence-corrected chi connectivity index (χ3v) is 13.3. The summed E-state index contributed by atoms with van der Waals surface area (Å²) in [7, 11) is 0. The summed E-state index contributed by atoms with van der Waals surface area (Å²) in [6.45, 7) is 2.71. The van der Waals surface area contributed by atoms with Crippen molar-refractivity contribution < 1.29 is 64.6 Å². The maximum absolute atomic E-state index is 13.1. The van der Waals surface area contributed by atoms with Crippen LogP contribution in [0.25, 0.3) is 0 Å². The Hall–Kier alpha value is -1.79. The van der Waals surface area contributed by atoms with Gasteiger partial charge in [-0.2, -0.15) is 0 Å². The fourth-order valence-electron chi connectivity index (χ4n) is 8.85. The number of rotatable bonds is 42. The predicted octanol–water partition coefficient (Wildman–Crippen LogP) is 7.88. The smallest absolute Gasteiger partial charge is 0.220 e. The van der Waals surface area contributed by atoms with Gasteiger partial charge in [0.1, 0.15) is 48.8 Å². The largest absolute Gasteiger partial charge is 0.394 e. The lowest BCUT2D eigenvalue weighted by Gasteiger charge is -2.46. The van der Waals surface area contributed by atoms with Crippen LogP contribution in [0, 0.1) is 0 Å². The van der Waals surface area contributed by atoms with E-state index in [2.05, 4.69) is 43.5 Å². The maximum Gasteiger partial charge on any atom is 0.220 e. The number of aliphatic hydroxyl groups is 8. The van der Waals surface area contributed by atoms with E-state index >= 15 is 0 Å². The van der Waals surface area contributed by atoms with Crippen molar-refractivity contribution in [3.05, 3.63) is 36.5 Å². The standard InChI is InChI=1S/C54H99NO13/c1-3-5-7-9-11-12-13-14-15-16-17-18-19-20-21-22-23-24-25-26-27-28-29-30-32-34-36-38-46(59)55-42(43(58)37-35-33-31-10-8-6-4-2)41-65-53-51(64)49(62)52(45(40-57)67-53)68-54-50(63)48(61)47(60)44(39-56)66-54/h13-14,16-17,35,37,42-45,47-54,56-58,60-64H,3-12,15,18-34,36,38-41H2,1-2H3,(H,55,59)/b14-13-,17-16-,37-35+. The summed E-state index contributed by atoms with van der Waals surface area (Å²) < 4.78 is 22.6. The predicted molar refractivity (Wildman–Crippen MR) is 268 cm³/mol. The first kappa shape index (κ1) is 62.3. The average molecular weight is 970 g/mol. The highest BCUT2D eigenvalue weighted by atomic mass is 16.7. The summed E-state index contributed by atoms with van der Waals surface area (Å²) in [4.78, 5) is 13.1. The summed E-state index contributed by atoms with van der Waals surface area (Å²) in [6.07, 6.45) is 30.9. The van der Waals surface area contributed by atoms with Gasteiger partial charge in [-0.05, 0) is 51.4 Å². The number of unbranched alkanes of at least 4 members (excludes halogenated alkanes) is 25. The van der Waals surface area contributed by atoms with Crippen LogP contribution in [0.4, 0.5) is 0 Å². The van der Waals surface area contributed by atoms with Crippen molar-refractivity contribution in [2.24, 2.45) is 0 Å². The van der Waals surface area contributed by atoms with Gasteiger partial charge in [-0.3, -0.25) is 4.79 Å². The number of nitrogens with one attached hydrogen (secondary N) is 1. The van der Waals surface area contributed by atoms with Crippen LogP contribution in [0.1, 0.15) is 206 Å². The van der Waals surface area contributed by atoms with E-state index in [9.17, 15) is 45.6 Å². The first-order valence-corrected chi connectivity index (χ1v) is 27.2. The van der Waals surface area contributed by atoms with Crippen LogP contribution in [-0.4, -0.2) is 140 Å². The molecule has 2 heterocycles. The summed E-state index contributed by atoms with van der Waals surface area (Å²) in [5.41, 5.74) is 0. The zero-order valence-corrected chi connectivity index (χ0v) is 42.3. The molecule has 0 aliphatic carbocycles. The molecule has 14 heteroatoms.